The number of piperidine rings is 4. The van der Waals surface area contributed by atoms with Crippen LogP contribution in [0.3, 0.4) is 0 Å². The van der Waals surface area contributed by atoms with E-state index in [4.69, 9.17) is 14.2 Å². The molecular weight excluding hydrogens is 761 g/mol. The molecule has 2 unspecified atom stereocenters. The number of aromatic nitrogens is 1. The van der Waals surface area contributed by atoms with E-state index in [2.05, 4.69) is 15.2 Å². The molecule has 12 nitrogen and oxygen atoms in total. The Morgan fingerprint density at radius 2 is 1.63 bits per heavy atom. The number of aliphatic hydroxyl groups is 1. The lowest BCUT2D eigenvalue weighted by atomic mass is 9.72. The smallest absolute Gasteiger partial charge is 0.317 e. The van der Waals surface area contributed by atoms with Gasteiger partial charge in [-0.25, -0.2) is 0 Å². The molecule has 1 amide bonds. The van der Waals surface area contributed by atoms with E-state index in [0.29, 0.717) is 85.9 Å². The Labute approximate surface area is 350 Å². The van der Waals surface area contributed by atoms with Crippen LogP contribution in [0, 0.1) is 5.92 Å². The molecule has 2 bridgehead atoms. The molecule has 314 valence electrons. The van der Waals surface area contributed by atoms with Crippen molar-refractivity contribution in [3.8, 4) is 17.2 Å². The van der Waals surface area contributed by atoms with E-state index in [1.54, 1.807) is 24.3 Å². The molecule has 0 spiro atoms. The number of unbranched alkanes of at least 4 members (excludes halogenated alkanes) is 1. The molecule has 0 aliphatic carbocycles. The molecule has 4 saturated heterocycles. The van der Waals surface area contributed by atoms with Gasteiger partial charge in [-0.3, -0.25) is 19.3 Å². The van der Waals surface area contributed by atoms with Gasteiger partial charge in [0, 0.05) is 43.2 Å². The summed E-state index contributed by atoms with van der Waals surface area (Å²) in [6.07, 6.45) is 3.99. The number of hydrogen-bond acceptors (Lipinski definition) is 10. The molecule has 4 aliphatic heterocycles. The van der Waals surface area contributed by atoms with Gasteiger partial charge in [0.25, 0.3) is 5.91 Å². The van der Waals surface area contributed by atoms with Crippen LogP contribution in [0.5, 0.6) is 17.2 Å². The summed E-state index contributed by atoms with van der Waals surface area (Å²) in [7, 11) is 0. The summed E-state index contributed by atoms with van der Waals surface area (Å²) >= 11 is 0. The van der Waals surface area contributed by atoms with Crippen LogP contribution in [0.4, 0.5) is 0 Å². The van der Waals surface area contributed by atoms with E-state index in [9.17, 15) is 24.6 Å². The van der Waals surface area contributed by atoms with Gasteiger partial charge in [0.2, 0.25) is 5.56 Å². The van der Waals surface area contributed by atoms with Crippen molar-refractivity contribution < 1.29 is 34.0 Å². The monoisotopic (exact) mass is 814 g/mol. The predicted molar refractivity (Wildman–Crippen MR) is 228 cm³/mol. The van der Waals surface area contributed by atoms with Crippen LogP contribution in [0.2, 0.25) is 0 Å². The van der Waals surface area contributed by atoms with Gasteiger partial charge in [-0.15, -0.1) is 0 Å². The zero-order chi connectivity index (χ0) is 41.5. The van der Waals surface area contributed by atoms with E-state index < -0.39 is 11.5 Å². The van der Waals surface area contributed by atoms with Gasteiger partial charge < -0.3 is 39.6 Å². The van der Waals surface area contributed by atoms with Gasteiger partial charge in [-0.2, -0.15) is 0 Å². The van der Waals surface area contributed by atoms with Crippen molar-refractivity contribution in [1.82, 2.24) is 20.1 Å². The highest BCUT2D eigenvalue weighted by molar-refractivity contribution is 5.95. The summed E-state index contributed by atoms with van der Waals surface area (Å²) < 4.78 is 18.4. The second kappa shape index (κ2) is 18.7. The number of hydrogen-bond donors (Lipinski definition) is 4. The van der Waals surface area contributed by atoms with E-state index in [1.165, 1.54) is 12.1 Å². The molecule has 4 N–H and O–H groups in total. The molecule has 1 aromatic heterocycles. The fraction of sp³-hybridized carbons (Fsp3) is 0.396. The van der Waals surface area contributed by atoms with Crippen molar-refractivity contribution in [2.24, 2.45) is 5.92 Å². The predicted octanol–water partition coefficient (Wildman–Crippen LogP) is 6.11. The summed E-state index contributed by atoms with van der Waals surface area (Å²) in [6.45, 7) is 5.81. The number of aliphatic hydroxyl groups excluding tert-OH is 1. The van der Waals surface area contributed by atoms with Gasteiger partial charge in [-0.05, 0) is 129 Å². The Morgan fingerprint density at radius 3 is 2.38 bits per heavy atom. The molecule has 4 aliphatic rings. The minimum absolute atomic E-state index is 0.0358. The topological polar surface area (TPSA) is 154 Å². The Bertz CT molecular complexity index is 2300. The average Bonchev–Trinajstić information content (AvgIpc) is 3.29. The molecule has 4 fully saturated rings. The van der Waals surface area contributed by atoms with Crippen LogP contribution in [0.1, 0.15) is 71.7 Å². The minimum atomic E-state index is -0.804. The number of pyridine rings is 1. The number of likely N-dealkylation sites (tertiary alicyclic amines) is 1. The first-order chi connectivity index (χ1) is 29.3. The van der Waals surface area contributed by atoms with Crippen molar-refractivity contribution >= 4 is 22.8 Å². The molecule has 2 atom stereocenters. The summed E-state index contributed by atoms with van der Waals surface area (Å²) in [4.78, 5) is 46.3. The first-order valence-electron chi connectivity index (χ1n) is 21.2. The van der Waals surface area contributed by atoms with Crippen molar-refractivity contribution in [1.29, 1.82) is 0 Å². The largest absolute Gasteiger partial charge is 0.506 e. The van der Waals surface area contributed by atoms with Gasteiger partial charge >= 0.3 is 5.97 Å². The molecule has 12 heteroatoms. The molecule has 0 saturated carbocycles. The molecule has 4 aromatic carbocycles. The van der Waals surface area contributed by atoms with Crippen LogP contribution in [-0.4, -0.2) is 95.4 Å². The number of phenols is 1. The van der Waals surface area contributed by atoms with E-state index >= 15 is 0 Å². The summed E-state index contributed by atoms with van der Waals surface area (Å²) in [5, 5.41) is 24.7. The third-order valence-corrected chi connectivity index (χ3v) is 12.5. The zero-order valence-corrected chi connectivity index (χ0v) is 33.9. The number of phenolic OH excluding ortho intramolecular Hbond substituents is 1. The first-order valence-corrected chi connectivity index (χ1v) is 21.2. The van der Waals surface area contributed by atoms with Crippen LogP contribution in [-0.2, 0) is 21.6 Å². The van der Waals surface area contributed by atoms with E-state index in [1.807, 2.05) is 71.6 Å². The SMILES string of the molecule is O=C(c1ccc(OCc2cccc(OCCCCNCC(O)c3ccc(O)c4[nH]c(=O)ccc34)c2)cc1)N1CCC(C(=O)OC2CN3CCC2CC3)(c2ccccc2)CC1. The van der Waals surface area contributed by atoms with Crippen LogP contribution < -0.4 is 20.3 Å². The summed E-state index contributed by atoms with van der Waals surface area (Å²) in [5.74, 6) is 1.59. The highest BCUT2D eigenvalue weighted by Crippen LogP contribution is 2.40. The molecular formula is C48H54N4O8. The number of nitrogens with one attached hydrogen (secondary N) is 2. The van der Waals surface area contributed by atoms with Gasteiger partial charge in [0.15, 0.2) is 0 Å². The number of H-pyrrole nitrogens is 1. The maximum absolute atomic E-state index is 14.0. The van der Waals surface area contributed by atoms with Crippen molar-refractivity contribution in [3.05, 3.63) is 136 Å². The lowest BCUT2D eigenvalue weighted by Crippen LogP contribution is -2.55. The number of fused-ring (bicyclic) bond motifs is 4. The lowest BCUT2D eigenvalue weighted by molar-refractivity contribution is -0.167. The van der Waals surface area contributed by atoms with Crippen LogP contribution >= 0.6 is 0 Å². The van der Waals surface area contributed by atoms with Crippen LogP contribution in [0.15, 0.2) is 108 Å². The molecule has 5 aromatic rings. The first kappa shape index (κ1) is 41.1. The number of amides is 1. The highest BCUT2D eigenvalue weighted by atomic mass is 16.5. The number of aromatic amines is 1. The Hall–Kier alpha value is -5.69. The van der Waals surface area contributed by atoms with E-state index in [-0.39, 0.29) is 29.3 Å². The van der Waals surface area contributed by atoms with Crippen LogP contribution in [0.25, 0.3) is 10.9 Å². The van der Waals surface area contributed by atoms with Crippen molar-refractivity contribution in [2.75, 3.05) is 52.4 Å². The van der Waals surface area contributed by atoms with Gasteiger partial charge in [-0.1, -0.05) is 48.5 Å². The fourth-order valence-corrected chi connectivity index (χ4v) is 8.96. The Kier molecular flexibility index (Phi) is 12.8. The normalized spacial score (nSPS) is 20.1. The standard InChI is InChI=1S/C48H54N4O8/c53-41-17-15-39(40-16-18-44(55)50-45(40)41)42(54)30-49-23-4-5-28-58-38-10-6-7-33(29-38)32-59-37-13-11-35(12-14-37)46(56)52-26-21-48(22-27-52,36-8-2-1-3-9-36)47(57)60-43-31-51-24-19-34(43)20-25-51/h1-3,6-18,29,34,42-43,49,53-54H,4-5,19-28,30-32H2,(H,50,55). The number of carbonyl (C=O) groups is 2. The molecule has 0 radical (unpaired) electrons. The number of carbonyl (C=O) groups excluding carboxylic acids is 2. The van der Waals surface area contributed by atoms with Gasteiger partial charge in [0.05, 0.1) is 23.6 Å². The second-order valence-corrected chi connectivity index (χ2v) is 16.3. The molecule has 5 heterocycles. The third-order valence-electron chi connectivity index (χ3n) is 12.5. The highest BCUT2D eigenvalue weighted by Gasteiger charge is 2.47. The zero-order valence-electron chi connectivity index (χ0n) is 33.9. The summed E-state index contributed by atoms with van der Waals surface area (Å²) in [6, 6.07) is 31.1. The second-order valence-electron chi connectivity index (χ2n) is 16.3. The number of ether oxygens (including phenoxy) is 3. The maximum atomic E-state index is 14.0. The fourth-order valence-electron chi connectivity index (χ4n) is 8.96. The Morgan fingerprint density at radius 1 is 0.850 bits per heavy atom. The minimum Gasteiger partial charge on any atom is -0.506 e. The van der Waals surface area contributed by atoms with E-state index in [0.717, 1.165) is 62.2 Å². The maximum Gasteiger partial charge on any atom is 0.317 e. The van der Waals surface area contributed by atoms with Crippen molar-refractivity contribution in [3.63, 3.8) is 0 Å². The number of aromatic hydroxyl groups is 1. The number of esters is 1. The lowest BCUT2D eigenvalue weighted by Gasteiger charge is -2.46. The number of nitrogens with zero attached hydrogens (tertiary/aromatic N) is 2. The Balaban J connectivity index is 0.764. The molecule has 60 heavy (non-hydrogen) atoms. The number of rotatable bonds is 16. The summed E-state index contributed by atoms with van der Waals surface area (Å²) in [5.41, 5.74) is 2.36. The average molecular weight is 815 g/mol. The number of benzene rings is 4. The third kappa shape index (κ3) is 9.36. The van der Waals surface area contributed by atoms with Gasteiger partial charge in [0.1, 0.15) is 30.0 Å². The molecule has 9 rings (SSSR count). The quantitative estimate of drug-likeness (QED) is 0.0679. The van der Waals surface area contributed by atoms with Crippen molar-refractivity contribution in [2.45, 2.75) is 62.8 Å².